The van der Waals surface area contributed by atoms with E-state index >= 15 is 0 Å². The lowest BCUT2D eigenvalue weighted by molar-refractivity contribution is -0.113. The molecule has 5 nitrogen and oxygen atoms in total. The maximum atomic E-state index is 12.4. The fourth-order valence-electron chi connectivity index (χ4n) is 3.69. The number of benzene rings is 1. The Kier molecular flexibility index (Phi) is 3.45. The summed E-state index contributed by atoms with van der Waals surface area (Å²) in [6, 6.07) is 6.34. The van der Waals surface area contributed by atoms with E-state index in [9.17, 15) is 4.79 Å². The van der Waals surface area contributed by atoms with Gasteiger partial charge in [-0.2, -0.15) is 4.99 Å². The number of fused-ring (bicyclic) bond motifs is 3. The first-order valence-corrected chi connectivity index (χ1v) is 8.48. The van der Waals surface area contributed by atoms with Crippen molar-refractivity contribution in [1.82, 2.24) is 4.90 Å². The normalized spacial score (nSPS) is 21.0. The second kappa shape index (κ2) is 5.49. The van der Waals surface area contributed by atoms with Crippen LogP contribution in [-0.2, 0) is 4.79 Å². The summed E-state index contributed by atoms with van der Waals surface area (Å²) in [5.74, 6) is 0.886. The Morgan fingerprint density at radius 2 is 2.04 bits per heavy atom. The minimum atomic E-state index is -0.0621. The number of anilines is 3. The molecule has 1 amide bonds. The van der Waals surface area contributed by atoms with Crippen molar-refractivity contribution in [3.8, 4) is 0 Å². The molecule has 119 valence electrons. The Balaban J connectivity index is 1.78. The van der Waals surface area contributed by atoms with E-state index in [1.54, 1.807) is 0 Å². The average Bonchev–Trinajstić information content (AvgIpc) is 2.93. The van der Waals surface area contributed by atoms with Gasteiger partial charge in [-0.1, -0.05) is 6.92 Å². The standard InChI is InChI=1S/C18H22N4O/c1-3-16-19-12(2)17-18(23)20-14-8-7-13(11-15(14)22(16)17)21-9-5-4-6-10-21/h7-8,11H,3-6,9-10H2,1-2H3,(H,20,23)/q+1. The zero-order valence-electron chi connectivity index (χ0n) is 13.7. The van der Waals surface area contributed by atoms with Crippen LogP contribution >= 0.6 is 0 Å². The quantitative estimate of drug-likeness (QED) is 0.851. The van der Waals surface area contributed by atoms with Crippen molar-refractivity contribution in [1.29, 1.82) is 0 Å². The molecular formula is C18H22N4O+. The number of allylic oxidation sites excluding steroid dienone is 1. The predicted molar refractivity (Wildman–Crippen MR) is 93.4 cm³/mol. The number of rotatable bonds is 2. The van der Waals surface area contributed by atoms with Gasteiger partial charge in [0, 0.05) is 31.3 Å². The number of carbonyl (C=O) groups excluding carboxylic acids is 1. The van der Waals surface area contributed by atoms with Crippen LogP contribution in [0.25, 0.3) is 0 Å². The molecular weight excluding hydrogens is 288 g/mol. The second-order valence-electron chi connectivity index (χ2n) is 6.35. The van der Waals surface area contributed by atoms with E-state index in [0.29, 0.717) is 5.70 Å². The van der Waals surface area contributed by atoms with Gasteiger partial charge in [0.2, 0.25) is 5.69 Å². The Hall–Kier alpha value is -2.14. The summed E-state index contributed by atoms with van der Waals surface area (Å²) < 4.78 is 0. The van der Waals surface area contributed by atoms with Crippen LogP contribution < -0.4 is 15.1 Å². The Morgan fingerprint density at radius 1 is 1.26 bits per heavy atom. The van der Waals surface area contributed by atoms with E-state index in [4.69, 9.17) is 0 Å². The summed E-state index contributed by atoms with van der Waals surface area (Å²) in [6.45, 7) is 6.21. The number of amidine groups is 1. The maximum absolute atomic E-state index is 12.4. The fourth-order valence-corrected chi connectivity index (χ4v) is 3.69. The van der Waals surface area contributed by atoms with Crippen molar-refractivity contribution in [3.63, 3.8) is 0 Å². The molecule has 23 heavy (non-hydrogen) atoms. The Morgan fingerprint density at radius 3 is 2.78 bits per heavy atom. The number of aliphatic imine (C=N–C) groups is 1. The maximum Gasteiger partial charge on any atom is 0.318 e. The molecule has 0 aliphatic carbocycles. The number of amides is 1. The van der Waals surface area contributed by atoms with E-state index in [1.165, 1.54) is 24.9 Å². The van der Waals surface area contributed by atoms with E-state index < -0.39 is 0 Å². The highest BCUT2D eigenvalue weighted by atomic mass is 16.2. The fraction of sp³-hybridized carbons (Fsp3) is 0.444. The molecule has 3 aliphatic rings. The van der Waals surface area contributed by atoms with E-state index in [1.807, 2.05) is 17.9 Å². The van der Waals surface area contributed by atoms with Gasteiger partial charge in [-0.05, 0) is 43.2 Å². The Bertz CT molecular complexity index is 729. The van der Waals surface area contributed by atoms with E-state index in [-0.39, 0.29) is 5.91 Å². The highest BCUT2D eigenvalue weighted by Crippen LogP contribution is 2.40. The molecule has 1 aromatic rings. The summed E-state index contributed by atoms with van der Waals surface area (Å²) >= 11 is 0. The molecule has 1 aromatic carbocycles. The zero-order valence-corrected chi connectivity index (χ0v) is 13.7. The van der Waals surface area contributed by atoms with Gasteiger partial charge < -0.3 is 10.2 Å². The molecule has 4 rings (SSSR count). The lowest BCUT2D eigenvalue weighted by atomic mass is 10.1. The molecule has 1 N–H and O–H groups in total. The van der Waals surface area contributed by atoms with Crippen LogP contribution in [0.15, 0.2) is 34.6 Å². The molecule has 1 fully saturated rings. The molecule has 0 spiro atoms. The van der Waals surface area contributed by atoms with Crippen LogP contribution in [0.2, 0.25) is 0 Å². The molecule has 0 unspecified atom stereocenters. The third kappa shape index (κ3) is 2.27. The van der Waals surface area contributed by atoms with Crippen molar-refractivity contribution < 1.29 is 4.79 Å². The van der Waals surface area contributed by atoms with Gasteiger partial charge in [0.15, 0.2) is 0 Å². The third-order valence-corrected chi connectivity index (χ3v) is 4.84. The van der Waals surface area contributed by atoms with Crippen molar-refractivity contribution in [2.75, 3.05) is 23.3 Å². The third-order valence-electron chi connectivity index (χ3n) is 4.84. The number of nitrogens with one attached hydrogen (secondary N) is 1. The number of hydrogen-bond acceptors (Lipinski definition) is 4. The lowest BCUT2D eigenvalue weighted by Gasteiger charge is -2.29. The van der Waals surface area contributed by atoms with Crippen molar-refractivity contribution in [3.05, 3.63) is 29.6 Å². The molecule has 0 atom stereocenters. The van der Waals surface area contributed by atoms with Crippen molar-refractivity contribution in [2.24, 2.45) is 4.99 Å². The summed E-state index contributed by atoms with van der Waals surface area (Å²) in [5.41, 5.74) is 4.62. The summed E-state index contributed by atoms with van der Waals surface area (Å²) in [6.07, 6.45) is 4.64. The SMILES string of the molecule is CCC1=NC(C)=C2C(=O)Nc3ccc(N4CCCCC4)cc3[N+]12. The van der Waals surface area contributed by atoms with E-state index in [2.05, 4.69) is 34.3 Å². The first kappa shape index (κ1) is 14.5. The van der Waals surface area contributed by atoms with Crippen LogP contribution in [0.4, 0.5) is 17.1 Å². The minimum Gasteiger partial charge on any atom is -0.371 e. The molecule has 3 aliphatic heterocycles. The molecule has 1 radical (unpaired) electrons. The number of hydrogen-bond donors (Lipinski definition) is 1. The summed E-state index contributed by atoms with van der Waals surface area (Å²) in [5, 5.41) is 3.01. The van der Waals surface area contributed by atoms with Gasteiger partial charge in [0.1, 0.15) is 11.4 Å². The second-order valence-corrected chi connectivity index (χ2v) is 6.35. The van der Waals surface area contributed by atoms with Gasteiger partial charge in [0.25, 0.3) is 11.5 Å². The molecule has 0 saturated carbocycles. The molecule has 0 bridgehead atoms. The predicted octanol–water partition coefficient (Wildman–Crippen LogP) is 3.45. The number of carbonyl (C=O) groups is 1. The van der Waals surface area contributed by atoms with Crippen LogP contribution in [-0.4, -0.2) is 24.8 Å². The molecule has 3 heterocycles. The summed E-state index contributed by atoms with van der Waals surface area (Å²) in [4.78, 5) is 21.5. The van der Waals surface area contributed by atoms with Gasteiger partial charge in [-0.25, -0.2) is 0 Å². The average molecular weight is 310 g/mol. The van der Waals surface area contributed by atoms with Crippen LogP contribution in [0.1, 0.15) is 39.5 Å². The van der Waals surface area contributed by atoms with Gasteiger partial charge in [0.05, 0.1) is 0 Å². The van der Waals surface area contributed by atoms with Crippen molar-refractivity contribution >= 4 is 28.8 Å². The molecule has 0 aromatic heterocycles. The first-order chi connectivity index (χ1) is 11.2. The van der Waals surface area contributed by atoms with Crippen LogP contribution in [0, 0.1) is 0 Å². The molecule has 5 heteroatoms. The smallest absolute Gasteiger partial charge is 0.318 e. The summed E-state index contributed by atoms with van der Waals surface area (Å²) in [7, 11) is 0. The highest BCUT2D eigenvalue weighted by molar-refractivity contribution is 6.17. The minimum absolute atomic E-state index is 0.0621. The van der Waals surface area contributed by atoms with Gasteiger partial charge >= 0.3 is 5.91 Å². The van der Waals surface area contributed by atoms with E-state index in [0.717, 1.165) is 42.4 Å². The number of nitrogens with zero attached hydrogens (tertiary/aromatic N) is 3. The van der Waals surface area contributed by atoms with Gasteiger partial charge in [-0.3, -0.25) is 4.79 Å². The topological polar surface area (TPSA) is 50.6 Å². The largest absolute Gasteiger partial charge is 0.371 e. The Labute approximate surface area is 136 Å². The zero-order chi connectivity index (χ0) is 16.0. The highest BCUT2D eigenvalue weighted by Gasteiger charge is 2.47. The monoisotopic (exact) mass is 310 g/mol. The van der Waals surface area contributed by atoms with Gasteiger partial charge in [-0.15, -0.1) is 0 Å². The first-order valence-electron chi connectivity index (χ1n) is 8.48. The number of piperidine rings is 1. The van der Waals surface area contributed by atoms with Crippen LogP contribution in [0.5, 0.6) is 0 Å². The van der Waals surface area contributed by atoms with Crippen molar-refractivity contribution in [2.45, 2.75) is 39.5 Å². The molecule has 1 saturated heterocycles. The lowest BCUT2D eigenvalue weighted by Crippen LogP contribution is -2.39. The van der Waals surface area contributed by atoms with Crippen LogP contribution in [0.3, 0.4) is 0 Å².